The van der Waals surface area contributed by atoms with Gasteiger partial charge >= 0.3 is 0 Å². The van der Waals surface area contributed by atoms with E-state index in [9.17, 15) is 0 Å². The summed E-state index contributed by atoms with van der Waals surface area (Å²) in [6.07, 6.45) is 5.32. The van der Waals surface area contributed by atoms with Gasteiger partial charge in [0.05, 0.1) is 0 Å². The molecule has 0 rings (SSSR count). The summed E-state index contributed by atoms with van der Waals surface area (Å²) in [5.74, 6) is 2.77. The van der Waals surface area contributed by atoms with E-state index in [4.69, 9.17) is 0 Å². The molecule has 0 spiro atoms. The third-order valence-corrected chi connectivity index (χ3v) is 3.65. The summed E-state index contributed by atoms with van der Waals surface area (Å²) in [6.45, 7) is 15.9. The van der Waals surface area contributed by atoms with Gasteiger partial charge < -0.3 is 0 Å². The monoisotopic (exact) mass is 232 g/mol. The smallest absolute Gasteiger partial charge is 0.0420 e. The van der Waals surface area contributed by atoms with Gasteiger partial charge in [-0.2, -0.15) is 0 Å². The molecule has 0 aromatic rings. The quantitative estimate of drug-likeness (QED) is 0.489. The van der Waals surface area contributed by atoms with E-state index < -0.39 is 0 Å². The lowest BCUT2D eigenvalue weighted by Crippen LogP contribution is -2.04. The Morgan fingerprint density at radius 2 is 0.812 bits per heavy atom. The summed E-state index contributed by atoms with van der Waals surface area (Å²) in [6, 6.07) is 0. The maximum Gasteiger partial charge on any atom is -0.0420 e. The number of hydrogen-bond acceptors (Lipinski definition) is 0. The van der Waals surface area contributed by atoms with Crippen molar-refractivity contribution in [3.63, 3.8) is 0 Å². The highest BCUT2D eigenvalue weighted by atomic mass is 14.1. The van der Waals surface area contributed by atoms with Crippen LogP contribution in [0.1, 0.15) is 89.0 Å². The van der Waals surface area contributed by atoms with Crippen LogP contribution in [0.5, 0.6) is 0 Å². The normalized spacial score (nSPS) is 12.8. The van der Waals surface area contributed by atoms with Gasteiger partial charge in [-0.3, -0.25) is 0 Å². The third-order valence-electron chi connectivity index (χ3n) is 3.65. The lowest BCUT2D eigenvalue weighted by molar-refractivity contribution is 0.367. The van der Waals surface area contributed by atoms with Gasteiger partial charge in [-0.05, 0) is 17.8 Å². The van der Waals surface area contributed by atoms with Crippen molar-refractivity contribution in [1.82, 2.24) is 0 Å². The first-order valence-corrected chi connectivity index (χ1v) is 6.53. The average molecular weight is 232 g/mol. The molecule has 0 N–H and O–H groups in total. The van der Waals surface area contributed by atoms with Crippen LogP contribution in [-0.2, 0) is 0 Å². The molecule has 0 aliphatic carbocycles. The van der Waals surface area contributed by atoms with Crippen LogP contribution in [0, 0.1) is 17.8 Å². The van der Waals surface area contributed by atoms with E-state index in [1.165, 1.54) is 25.7 Å². The highest BCUT2D eigenvalue weighted by molar-refractivity contribution is 4.56. The molecule has 0 heterocycles. The fourth-order valence-corrected chi connectivity index (χ4v) is 1.09. The van der Waals surface area contributed by atoms with Gasteiger partial charge in [0.15, 0.2) is 0 Å². The Bertz CT molecular complexity index is 84.2. The van der Waals surface area contributed by atoms with E-state index >= 15 is 0 Å². The molecule has 0 heteroatoms. The summed E-state index contributed by atoms with van der Waals surface area (Å²) in [5.41, 5.74) is 0. The Hall–Kier alpha value is 0. The predicted molar refractivity (Wildman–Crippen MR) is 82.1 cm³/mol. The largest absolute Gasteiger partial charge is 0.0776 e. The van der Waals surface area contributed by atoms with Crippen LogP contribution in [0.15, 0.2) is 0 Å². The molecule has 2 unspecified atom stereocenters. The van der Waals surface area contributed by atoms with Gasteiger partial charge in [0.2, 0.25) is 0 Å². The zero-order chi connectivity index (χ0) is 11.6. The fraction of sp³-hybridized carbons (Fsp3) is 1.00. The number of rotatable bonds is 5. The molecular formula is C16H40. The Morgan fingerprint density at radius 1 is 0.562 bits per heavy atom. The summed E-state index contributed by atoms with van der Waals surface area (Å²) < 4.78 is 0. The minimum absolute atomic E-state index is 0. The molecule has 2 atom stereocenters. The fourth-order valence-electron chi connectivity index (χ4n) is 1.09. The van der Waals surface area contributed by atoms with Crippen LogP contribution < -0.4 is 0 Å². The van der Waals surface area contributed by atoms with Crippen LogP contribution in [0.25, 0.3) is 0 Å². The number of hydrogen-bond donors (Lipinski definition) is 0. The Kier molecular flexibility index (Phi) is 27.2. The van der Waals surface area contributed by atoms with Crippen LogP contribution >= 0.6 is 0 Å². The zero-order valence-electron chi connectivity index (χ0n) is 11.6. The minimum Gasteiger partial charge on any atom is -0.0776 e. The highest BCUT2D eigenvalue weighted by Gasteiger charge is 2.05. The first-order valence-electron chi connectivity index (χ1n) is 6.53. The summed E-state index contributed by atoms with van der Waals surface area (Å²) in [5, 5.41) is 0. The first-order chi connectivity index (χ1) is 6.53. The highest BCUT2D eigenvalue weighted by Crippen LogP contribution is 2.16. The second-order valence-electron chi connectivity index (χ2n) is 4.69. The van der Waals surface area contributed by atoms with Crippen molar-refractivity contribution in [2.75, 3.05) is 0 Å². The molecule has 0 saturated heterocycles. The van der Waals surface area contributed by atoms with Crippen molar-refractivity contribution in [3.8, 4) is 0 Å². The van der Waals surface area contributed by atoms with Crippen molar-refractivity contribution < 1.29 is 0 Å². The van der Waals surface area contributed by atoms with Gasteiger partial charge in [0, 0.05) is 0 Å². The first kappa shape index (κ1) is 25.0. The van der Waals surface area contributed by atoms with Gasteiger partial charge in [0.1, 0.15) is 0 Å². The second kappa shape index (κ2) is 17.4. The molecule has 104 valence electrons. The van der Waals surface area contributed by atoms with Crippen molar-refractivity contribution in [1.29, 1.82) is 0 Å². The Morgan fingerprint density at radius 3 is 0.875 bits per heavy atom. The maximum atomic E-state index is 2.33. The lowest BCUT2D eigenvalue weighted by atomic mass is 9.92. The molecule has 0 amide bonds. The lowest BCUT2D eigenvalue weighted by Gasteiger charge is -2.14. The van der Waals surface area contributed by atoms with Crippen LogP contribution in [-0.4, -0.2) is 0 Å². The average Bonchev–Trinajstić information content (AvgIpc) is 2.26. The van der Waals surface area contributed by atoms with Crippen molar-refractivity contribution >= 4 is 0 Å². The summed E-state index contributed by atoms with van der Waals surface area (Å²) in [4.78, 5) is 0. The zero-order valence-corrected chi connectivity index (χ0v) is 11.6. The summed E-state index contributed by atoms with van der Waals surface area (Å²) in [7, 11) is 0. The van der Waals surface area contributed by atoms with E-state index in [1.807, 2.05) is 0 Å². The molecule has 0 aliphatic rings. The van der Waals surface area contributed by atoms with Crippen molar-refractivity contribution in [3.05, 3.63) is 0 Å². The second-order valence-corrected chi connectivity index (χ2v) is 4.69. The third kappa shape index (κ3) is 16.4. The van der Waals surface area contributed by atoms with Crippen molar-refractivity contribution in [2.45, 2.75) is 89.0 Å². The standard InChI is InChI=1S/C8H18.C6H14.2CH4/c1-5-7(3)8(4)6-2;1-4-6(3)5-2;;/h7-8H,5-6H2,1-4H3;6H,4-5H2,1-3H3;2*1H4. The molecule has 0 aliphatic heterocycles. The van der Waals surface area contributed by atoms with E-state index in [0.717, 1.165) is 17.8 Å². The van der Waals surface area contributed by atoms with Gasteiger partial charge in [-0.15, -0.1) is 0 Å². The van der Waals surface area contributed by atoms with E-state index in [1.54, 1.807) is 0 Å². The van der Waals surface area contributed by atoms with E-state index in [-0.39, 0.29) is 14.9 Å². The predicted octanol–water partition coefficient (Wildman–Crippen LogP) is 6.79. The molecule has 0 nitrogen and oxygen atoms in total. The summed E-state index contributed by atoms with van der Waals surface area (Å²) >= 11 is 0. The molecule has 0 aromatic carbocycles. The topological polar surface area (TPSA) is 0 Å². The molecule has 0 fully saturated rings. The van der Waals surface area contributed by atoms with Crippen molar-refractivity contribution in [2.24, 2.45) is 17.8 Å². The van der Waals surface area contributed by atoms with Gasteiger partial charge in [0.25, 0.3) is 0 Å². The Labute approximate surface area is 107 Å². The van der Waals surface area contributed by atoms with Gasteiger partial charge in [-0.1, -0.05) is 89.0 Å². The van der Waals surface area contributed by atoms with Crippen LogP contribution in [0.3, 0.4) is 0 Å². The van der Waals surface area contributed by atoms with Crippen LogP contribution in [0.2, 0.25) is 0 Å². The van der Waals surface area contributed by atoms with Crippen LogP contribution in [0.4, 0.5) is 0 Å². The molecular weight excluding hydrogens is 192 g/mol. The molecule has 0 radical (unpaired) electrons. The van der Waals surface area contributed by atoms with Gasteiger partial charge in [-0.25, -0.2) is 0 Å². The van der Waals surface area contributed by atoms with E-state index in [0.29, 0.717) is 0 Å². The maximum absolute atomic E-state index is 2.33. The molecule has 0 bridgehead atoms. The minimum atomic E-state index is 0. The SMILES string of the molecule is C.C.CCC(C)C(C)CC.CCC(C)CC. The van der Waals surface area contributed by atoms with E-state index in [2.05, 4.69) is 48.5 Å². The molecule has 16 heavy (non-hydrogen) atoms. The Balaban J connectivity index is -0.0000000825. The molecule has 0 aromatic heterocycles. The molecule has 0 saturated carbocycles.